The fourth-order valence-electron chi connectivity index (χ4n) is 2.97. The summed E-state index contributed by atoms with van der Waals surface area (Å²) >= 11 is 6.06. The number of ether oxygens (including phenoxy) is 1. The number of methoxy groups -OCH3 is 1. The molecule has 0 saturated heterocycles. The van der Waals surface area contributed by atoms with Crippen molar-refractivity contribution in [3.8, 4) is 0 Å². The van der Waals surface area contributed by atoms with Gasteiger partial charge in [-0.15, -0.1) is 0 Å². The van der Waals surface area contributed by atoms with E-state index in [0.717, 1.165) is 5.56 Å². The molecule has 0 aliphatic carbocycles. The number of urea groups is 1. The van der Waals surface area contributed by atoms with Gasteiger partial charge < -0.3 is 15.4 Å². The van der Waals surface area contributed by atoms with Crippen LogP contribution in [0.5, 0.6) is 0 Å². The molecule has 1 aliphatic rings. The molecule has 0 fully saturated rings. The lowest BCUT2D eigenvalue weighted by atomic mass is 10.1. The Morgan fingerprint density at radius 3 is 2.61 bits per heavy atom. The smallest absolute Gasteiger partial charge is 0.323 e. The first-order valence-electron chi connectivity index (χ1n) is 8.74. The van der Waals surface area contributed by atoms with Gasteiger partial charge in [0.2, 0.25) is 0 Å². The number of fused-ring (bicyclic) bond motifs is 1. The number of halogens is 1. The number of amides is 4. The number of imide groups is 1. The predicted octanol–water partition coefficient (Wildman–Crippen LogP) is 3.92. The Morgan fingerprint density at radius 2 is 1.86 bits per heavy atom. The summed E-state index contributed by atoms with van der Waals surface area (Å²) in [4.78, 5) is 38.4. The molecule has 3 rings (SSSR count). The lowest BCUT2D eigenvalue weighted by Gasteiger charge is -2.12. The second-order valence-corrected chi connectivity index (χ2v) is 6.77. The van der Waals surface area contributed by atoms with Gasteiger partial charge in [0.15, 0.2) is 0 Å². The number of nitrogens with zero attached hydrogens (tertiary/aromatic N) is 1. The third kappa shape index (κ3) is 4.00. The summed E-state index contributed by atoms with van der Waals surface area (Å²) < 4.78 is 4.96. The van der Waals surface area contributed by atoms with Gasteiger partial charge in [-0.1, -0.05) is 17.7 Å². The summed E-state index contributed by atoms with van der Waals surface area (Å²) in [5.41, 5.74) is 2.36. The van der Waals surface area contributed by atoms with Crippen molar-refractivity contribution in [3.05, 3.63) is 58.1 Å². The first-order chi connectivity index (χ1) is 13.4. The Kier molecular flexibility index (Phi) is 5.96. The van der Waals surface area contributed by atoms with Crippen LogP contribution in [0.3, 0.4) is 0 Å². The summed E-state index contributed by atoms with van der Waals surface area (Å²) in [6, 6.07) is 9.39. The minimum Gasteiger partial charge on any atom is -0.385 e. The van der Waals surface area contributed by atoms with Gasteiger partial charge in [-0.05, 0) is 49.2 Å². The first kappa shape index (κ1) is 19.9. The van der Waals surface area contributed by atoms with Crippen molar-refractivity contribution in [1.29, 1.82) is 0 Å². The number of rotatable bonds is 6. The summed E-state index contributed by atoms with van der Waals surface area (Å²) in [5, 5.41) is 5.94. The molecule has 2 aromatic rings. The van der Waals surface area contributed by atoms with Crippen molar-refractivity contribution in [2.75, 3.05) is 30.9 Å². The zero-order valence-corrected chi connectivity index (χ0v) is 16.3. The number of carbonyl (C=O) groups excluding carboxylic acids is 3. The fraction of sp³-hybridized carbons (Fsp3) is 0.250. The van der Waals surface area contributed by atoms with Crippen molar-refractivity contribution < 1.29 is 19.1 Å². The molecule has 1 heterocycles. The number of carbonyl (C=O) groups is 3. The Bertz CT molecular complexity index is 945. The molecule has 4 amide bonds. The quantitative estimate of drug-likeness (QED) is 0.567. The number of hydrogen-bond donors (Lipinski definition) is 2. The maximum Gasteiger partial charge on any atom is 0.323 e. The van der Waals surface area contributed by atoms with Crippen LogP contribution in [-0.2, 0) is 4.74 Å². The second-order valence-electron chi connectivity index (χ2n) is 6.36. The standard InChI is InChI=1S/C20H20ClN3O4/c1-12-16(21)5-3-6-17(12)23-20(27)22-13-7-8-14-15(11-13)19(26)24(18(14)25)9-4-10-28-2/h3,5-8,11H,4,9-10H2,1-2H3,(H2,22,23,27). The Hall–Kier alpha value is -2.90. The van der Waals surface area contributed by atoms with Gasteiger partial charge in [0, 0.05) is 36.7 Å². The van der Waals surface area contributed by atoms with E-state index < -0.39 is 6.03 Å². The van der Waals surface area contributed by atoms with Gasteiger partial charge in [0.25, 0.3) is 11.8 Å². The van der Waals surface area contributed by atoms with Crippen molar-refractivity contribution in [2.24, 2.45) is 0 Å². The third-order valence-electron chi connectivity index (χ3n) is 4.47. The maximum atomic E-state index is 12.5. The van der Waals surface area contributed by atoms with E-state index in [0.29, 0.717) is 35.0 Å². The molecule has 7 nitrogen and oxygen atoms in total. The van der Waals surface area contributed by atoms with Crippen LogP contribution >= 0.6 is 11.6 Å². The van der Waals surface area contributed by atoms with Crippen LogP contribution in [0.25, 0.3) is 0 Å². The molecule has 0 atom stereocenters. The molecule has 0 radical (unpaired) electrons. The van der Waals surface area contributed by atoms with Gasteiger partial charge in [-0.3, -0.25) is 14.5 Å². The SMILES string of the molecule is COCCCN1C(=O)c2ccc(NC(=O)Nc3cccc(Cl)c3C)cc2C1=O. The minimum absolute atomic E-state index is 0.277. The zero-order chi connectivity index (χ0) is 20.3. The van der Waals surface area contributed by atoms with E-state index in [1.54, 1.807) is 44.4 Å². The van der Waals surface area contributed by atoms with Crippen LogP contribution in [0.15, 0.2) is 36.4 Å². The van der Waals surface area contributed by atoms with Crippen LogP contribution in [-0.4, -0.2) is 43.0 Å². The highest BCUT2D eigenvalue weighted by Gasteiger charge is 2.35. The van der Waals surface area contributed by atoms with Crippen molar-refractivity contribution >= 4 is 40.8 Å². The van der Waals surface area contributed by atoms with Gasteiger partial charge in [-0.25, -0.2) is 4.79 Å². The number of nitrogens with one attached hydrogen (secondary N) is 2. The largest absolute Gasteiger partial charge is 0.385 e. The van der Waals surface area contributed by atoms with Gasteiger partial charge >= 0.3 is 6.03 Å². The Labute approximate surface area is 167 Å². The molecule has 2 N–H and O–H groups in total. The summed E-state index contributed by atoms with van der Waals surface area (Å²) in [6.45, 7) is 2.55. The van der Waals surface area contributed by atoms with Crippen LogP contribution in [0.2, 0.25) is 5.02 Å². The molecule has 0 bridgehead atoms. The van der Waals surface area contributed by atoms with E-state index in [1.807, 2.05) is 0 Å². The van der Waals surface area contributed by atoms with Gasteiger partial charge in [0.05, 0.1) is 11.1 Å². The van der Waals surface area contributed by atoms with E-state index in [4.69, 9.17) is 16.3 Å². The lowest BCUT2D eigenvalue weighted by molar-refractivity contribution is 0.0638. The molecule has 0 saturated carbocycles. The monoisotopic (exact) mass is 401 g/mol. The average molecular weight is 402 g/mol. The Balaban J connectivity index is 1.71. The summed E-state index contributed by atoms with van der Waals surface area (Å²) in [7, 11) is 1.57. The van der Waals surface area contributed by atoms with Crippen molar-refractivity contribution in [2.45, 2.75) is 13.3 Å². The predicted molar refractivity (Wildman–Crippen MR) is 107 cm³/mol. The molecule has 146 valence electrons. The van der Waals surface area contributed by atoms with Crippen molar-refractivity contribution in [1.82, 2.24) is 4.90 Å². The summed E-state index contributed by atoms with van der Waals surface area (Å²) in [6.07, 6.45) is 0.564. The second kappa shape index (κ2) is 8.41. The molecule has 28 heavy (non-hydrogen) atoms. The van der Waals surface area contributed by atoms with Crippen LogP contribution in [0, 0.1) is 6.92 Å². The molecule has 2 aromatic carbocycles. The zero-order valence-electron chi connectivity index (χ0n) is 15.5. The van der Waals surface area contributed by atoms with E-state index in [1.165, 1.54) is 11.0 Å². The highest BCUT2D eigenvalue weighted by molar-refractivity contribution is 6.31. The average Bonchev–Trinajstić information content (AvgIpc) is 2.90. The first-order valence-corrected chi connectivity index (χ1v) is 9.12. The Morgan fingerprint density at radius 1 is 1.11 bits per heavy atom. The highest BCUT2D eigenvalue weighted by Crippen LogP contribution is 2.27. The molecular weight excluding hydrogens is 382 g/mol. The fourth-order valence-corrected chi connectivity index (χ4v) is 3.14. The maximum absolute atomic E-state index is 12.5. The third-order valence-corrected chi connectivity index (χ3v) is 4.88. The molecule has 0 spiro atoms. The number of benzene rings is 2. The van der Waals surface area contributed by atoms with Gasteiger partial charge in [0.1, 0.15) is 0 Å². The molecular formula is C20H20ClN3O4. The van der Waals surface area contributed by atoms with E-state index >= 15 is 0 Å². The lowest BCUT2D eigenvalue weighted by Crippen LogP contribution is -2.31. The molecule has 0 unspecified atom stereocenters. The summed E-state index contributed by atoms with van der Waals surface area (Å²) in [5.74, 6) is -0.701. The van der Waals surface area contributed by atoms with Crippen LogP contribution in [0.4, 0.5) is 16.2 Å². The topological polar surface area (TPSA) is 87.7 Å². The van der Waals surface area contributed by atoms with Crippen molar-refractivity contribution in [3.63, 3.8) is 0 Å². The molecule has 0 aromatic heterocycles. The van der Waals surface area contributed by atoms with E-state index in [-0.39, 0.29) is 23.9 Å². The van der Waals surface area contributed by atoms with Crippen LogP contribution in [0.1, 0.15) is 32.7 Å². The number of hydrogen-bond acceptors (Lipinski definition) is 4. The van der Waals surface area contributed by atoms with Gasteiger partial charge in [-0.2, -0.15) is 0 Å². The normalized spacial score (nSPS) is 12.9. The molecule has 1 aliphatic heterocycles. The van der Waals surface area contributed by atoms with E-state index in [9.17, 15) is 14.4 Å². The minimum atomic E-state index is -0.473. The highest BCUT2D eigenvalue weighted by atomic mass is 35.5. The molecule has 8 heteroatoms. The van der Waals surface area contributed by atoms with Crippen LogP contribution < -0.4 is 10.6 Å². The van der Waals surface area contributed by atoms with E-state index in [2.05, 4.69) is 10.6 Å². The number of anilines is 2.